The second kappa shape index (κ2) is 10.1. The number of aryl methyl sites for hydroxylation is 1. The summed E-state index contributed by atoms with van der Waals surface area (Å²) in [7, 11) is 3.97. The molecule has 38 heavy (non-hydrogen) atoms. The summed E-state index contributed by atoms with van der Waals surface area (Å²) in [5, 5.41) is 5.27. The Morgan fingerprint density at radius 1 is 1.00 bits per heavy atom. The largest absolute Gasteiger partial charge is 0.416 e. The molecule has 8 nitrogen and oxygen atoms in total. The van der Waals surface area contributed by atoms with Gasteiger partial charge in [0.1, 0.15) is 0 Å². The first-order valence-corrected chi connectivity index (χ1v) is 12.2. The second-order valence-electron chi connectivity index (χ2n) is 9.51. The number of carbonyl (C=O) groups is 1. The second-order valence-corrected chi connectivity index (χ2v) is 9.51. The van der Waals surface area contributed by atoms with Crippen molar-refractivity contribution in [3.05, 3.63) is 72.1 Å². The number of nitrogens with two attached hydrogens (primary N) is 1. The number of nitrogens with zero attached hydrogens (tertiary/aromatic N) is 6. The number of hydrogen-bond donors (Lipinski definition) is 1. The fraction of sp³-hybridized carbons (Fsp3) is 0.296. The number of fused-ring (bicyclic) bond motifs is 1. The number of urea groups is 1. The van der Waals surface area contributed by atoms with Crippen LogP contribution in [-0.4, -0.2) is 63.8 Å². The maximum absolute atomic E-state index is 13.3. The number of primary amides is 1. The highest BCUT2D eigenvalue weighted by Gasteiger charge is 2.31. The molecule has 0 bridgehead atoms. The number of hydrogen-bond acceptors (Lipinski definition) is 5. The Kier molecular flexibility index (Phi) is 6.80. The fourth-order valence-corrected chi connectivity index (χ4v) is 4.74. The van der Waals surface area contributed by atoms with Crippen molar-refractivity contribution in [3.8, 4) is 11.1 Å². The van der Waals surface area contributed by atoms with Crippen molar-refractivity contribution in [2.45, 2.75) is 12.7 Å². The Bertz CT molecular complexity index is 1460. The first-order valence-electron chi connectivity index (χ1n) is 12.2. The summed E-state index contributed by atoms with van der Waals surface area (Å²) in [6.45, 7) is 4.65. The first kappa shape index (κ1) is 25.7. The maximum atomic E-state index is 13.3. The molecule has 11 heteroatoms. The van der Waals surface area contributed by atoms with E-state index in [1.165, 1.54) is 12.1 Å². The van der Waals surface area contributed by atoms with Crippen molar-refractivity contribution < 1.29 is 18.0 Å². The zero-order valence-electron chi connectivity index (χ0n) is 21.1. The number of piperazine rings is 1. The third-order valence-electron chi connectivity index (χ3n) is 6.83. The number of anilines is 2. The lowest BCUT2D eigenvalue weighted by atomic mass is 10.0. The van der Waals surface area contributed by atoms with E-state index in [1.54, 1.807) is 23.0 Å². The lowest BCUT2D eigenvalue weighted by Gasteiger charge is -2.32. The van der Waals surface area contributed by atoms with Crippen LogP contribution in [0.3, 0.4) is 0 Å². The summed E-state index contributed by atoms with van der Waals surface area (Å²) in [6, 6.07) is 12.7. The summed E-state index contributed by atoms with van der Waals surface area (Å²) >= 11 is 0. The normalized spacial score (nSPS) is 15.2. The van der Waals surface area contributed by atoms with E-state index in [0.717, 1.165) is 71.1 Å². The van der Waals surface area contributed by atoms with E-state index in [4.69, 9.17) is 10.7 Å². The molecule has 2 aromatic heterocycles. The molecule has 0 aliphatic carbocycles. The van der Waals surface area contributed by atoms with Gasteiger partial charge in [-0.2, -0.15) is 18.3 Å². The SMILES string of the molecule is CN1CCN(Cc2cc(-c3ccc(N(C(N)=O)c4cccc(C(F)(F)F)c4)cc3)c3cnn(C)c3n2)CC1. The van der Waals surface area contributed by atoms with Crippen LogP contribution < -0.4 is 10.6 Å². The van der Waals surface area contributed by atoms with E-state index >= 15 is 0 Å². The zero-order valence-corrected chi connectivity index (χ0v) is 21.1. The summed E-state index contributed by atoms with van der Waals surface area (Å²) in [4.78, 5) is 22.9. The molecular weight excluding hydrogens is 495 g/mol. The summed E-state index contributed by atoms with van der Waals surface area (Å²) in [5.74, 6) is 0. The van der Waals surface area contributed by atoms with Crippen LogP contribution >= 0.6 is 0 Å². The third kappa shape index (κ3) is 5.20. The van der Waals surface area contributed by atoms with Crippen LogP contribution in [0.25, 0.3) is 22.2 Å². The molecule has 0 unspecified atom stereocenters. The molecule has 2 aromatic carbocycles. The summed E-state index contributed by atoms with van der Waals surface area (Å²) in [5.41, 5.74) is 8.60. The van der Waals surface area contributed by atoms with Crippen LogP contribution in [0.4, 0.5) is 29.3 Å². The predicted molar refractivity (Wildman–Crippen MR) is 140 cm³/mol. The Labute approximate surface area is 218 Å². The lowest BCUT2D eigenvalue weighted by Crippen LogP contribution is -2.44. The highest BCUT2D eigenvalue weighted by Crippen LogP contribution is 2.35. The molecule has 1 fully saturated rings. The molecule has 0 spiro atoms. The Morgan fingerprint density at radius 3 is 2.37 bits per heavy atom. The van der Waals surface area contributed by atoms with Crippen molar-refractivity contribution in [2.24, 2.45) is 12.8 Å². The number of halogens is 3. The van der Waals surface area contributed by atoms with Gasteiger partial charge in [-0.25, -0.2) is 9.78 Å². The monoisotopic (exact) mass is 523 g/mol. The van der Waals surface area contributed by atoms with Crippen molar-refractivity contribution in [1.29, 1.82) is 0 Å². The Hall–Kier alpha value is -3.96. The molecule has 1 saturated heterocycles. The highest BCUT2D eigenvalue weighted by molar-refractivity contribution is 5.99. The highest BCUT2D eigenvalue weighted by atomic mass is 19.4. The third-order valence-corrected chi connectivity index (χ3v) is 6.83. The average Bonchev–Trinajstić information content (AvgIpc) is 3.25. The maximum Gasteiger partial charge on any atom is 0.416 e. The summed E-state index contributed by atoms with van der Waals surface area (Å²) in [6.07, 6.45) is -2.77. The van der Waals surface area contributed by atoms with E-state index in [2.05, 4.69) is 28.0 Å². The average molecular weight is 524 g/mol. The van der Waals surface area contributed by atoms with Crippen molar-refractivity contribution in [2.75, 3.05) is 38.1 Å². The van der Waals surface area contributed by atoms with E-state index < -0.39 is 17.8 Å². The fourth-order valence-electron chi connectivity index (χ4n) is 4.74. The summed E-state index contributed by atoms with van der Waals surface area (Å²) < 4.78 is 41.5. The number of carbonyl (C=O) groups excluding carboxylic acids is 1. The minimum atomic E-state index is -4.54. The van der Waals surface area contributed by atoms with Crippen molar-refractivity contribution in [1.82, 2.24) is 24.6 Å². The molecule has 0 saturated carbocycles. The van der Waals surface area contributed by atoms with E-state index in [0.29, 0.717) is 12.2 Å². The van der Waals surface area contributed by atoms with Gasteiger partial charge >= 0.3 is 12.2 Å². The van der Waals surface area contributed by atoms with Crippen LogP contribution in [0.15, 0.2) is 60.8 Å². The molecule has 198 valence electrons. The van der Waals surface area contributed by atoms with Gasteiger partial charge in [-0.3, -0.25) is 14.5 Å². The standard InChI is InChI=1S/C27H28F3N7O/c1-34-10-12-36(13-11-34)17-20-15-23(24-16-32-35(2)25(24)33-20)18-6-8-21(9-7-18)37(26(31)38)22-5-3-4-19(14-22)27(28,29)30/h3-9,14-16H,10-13,17H2,1-2H3,(H2,31,38). The van der Waals surface area contributed by atoms with Crippen molar-refractivity contribution in [3.63, 3.8) is 0 Å². The molecule has 1 aliphatic heterocycles. The molecule has 2 N–H and O–H groups in total. The van der Waals surface area contributed by atoms with Gasteiger partial charge in [-0.15, -0.1) is 0 Å². The minimum Gasteiger partial charge on any atom is -0.351 e. The first-order chi connectivity index (χ1) is 18.1. The minimum absolute atomic E-state index is 0.0353. The number of pyridine rings is 1. The molecule has 3 heterocycles. The smallest absolute Gasteiger partial charge is 0.351 e. The molecule has 2 amide bonds. The van der Waals surface area contributed by atoms with Gasteiger partial charge in [0.25, 0.3) is 0 Å². The lowest BCUT2D eigenvalue weighted by molar-refractivity contribution is -0.137. The van der Waals surface area contributed by atoms with Gasteiger partial charge in [-0.05, 0) is 54.6 Å². The van der Waals surface area contributed by atoms with Crippen molar-refractivity contribution >= 4 is 28.4 Å². The molecule has 0 radical (unpaired) electrons. The zero-order chi connectivity index (χ0) is 27.0. The van der Waals surface area contributed by atoms with Gasteiger partial charge in [-0.1, -0.05) is 18.2 Å². The molecule has 4 aromatic rings. The molecular formula is C27H28F3N7O. The number of amides is 2. The van der Waals surface area contributed by atoms with E-state index in [1.807, 2.05) is 19.2 Å². The molecule has 0 atom stereocenters. The number of aromatic nitrogens is 3. The Morgan fingerprint density at radius 2 is 1.71 bits per heavy atom. The van der Waals surface area contributed by atoms with Gasteiger partial charge in [0, 0.05) is 45.2 Å². The van der Waals surface area contributed by atoms with E-state index in [-0.39, 0.29) is 5.69 Å². The van der Waals surface area contributed by atoms with E-state index in [9.17, 15) is 18.0 Å². The number of likely N-dealkylation sites (N-methyl/N-ethyl adjacent to an activating group) is 1. The molecule has 5 rings (SSSR count). The number of alkyl halides is 3. The van der Waals surface area contributed by atoms with Crippen LogP contribution in [0.2, 0.25) is 0 Å². The van der Waals surface area contributed by atoms with Crippen LogP contribution in [0, 0.1) is 0 Å². The predicted octanol–water partition coefficient (Wildman–Crippen LogP) is 4.62. The van der Waals surface area contributed by atoms with Crippen LogP contribution in [0.5, 0.6) is 0 Å². The van der Waals surface area contributed by atoms with Gasteiger partial charge in [0.2, 0.25) is 0 Å². The Balaban J connectivity index is 1.49. The van der Waals surface area contributed by atoms with Gasteiger partial charge in [0.15, 0.2) is 5.65 Å². The quantitative estimate of drug-likeness (QED) is 0.413. The van der Waals surface area contributed by atoms with Crippen LogP contribution in [-0.2, 0) is 19.8 Å². The number of rotatable bonds is 5. The topological polar surface area (TPSA) is 83.5 Å². The van der Waals surface area contributed by atoms with Crippen LogP contribution in [0.1, 0.15) is 11.3 Å². The van der Waals surface area contributed by atoms with Gasteiger partial charge in [0.05, 0.1) is 28.8 Å². The number of benzene rings is 2. The molecule has 1 aliphatic rings. The van der Waals surface area contributed by atoms with Gasteiger partial charge < -0.3 is 10.6 Å².